The minimum atomic E-state index is -0.466. The lowest BCUT2D eigenvalue weighted by Gasteiger charge is -2.31. The van der Waals surface area contributed by atoms with Gasteiger partial charge in [0.05, 0.1) is 0 Å². The second-order valence-electron chi connectivity index (χ2n) is 10.5. The topological polar surface area (TPSA) is 64.4 Å². The molecule has 0 saturated heterocycles. The Morgan fingerprint density at radius 3 is 2.37 bits per heavy atom. The molecule has 0 N–H and O–H groups in total. The molecule has 2 aliphatic rings. The molecule has 1 aromatic rings. The number of unbranched alkanes of at least 4 members (excludes halogenated alkanes) is 1. The molecule has 186 valence electrons. The average Bonchev–Trinajstić information content (AvgIpc) is 3.05. The first-order valence-electron chi connectivity index (χ1n) is 12.9. The van der Waals surface area contributed by atoms with E-state index in [0.717, 1.165) is 31.4 Å². The Morgan fingerprint density at radius 1 is 1.09 bits per heavy atom. The highest BCUT2D eigenvalue weighted by Gasteiger charge is 2.41. The van der Waals surface area contributed by atoms with Crippen molar-refractivity contribution in [3.8, 4) is 6.07 Å². The SMILES string of the molecule is CCCCC(CC)CN1C(=O)C(C#N)=C(C)/C(=C/C=C2/N(C(C)C)c3ccccc3C2(C)C)C1=O. The van der Waals surface area contributed by atoms with Crippen LogP contribution in [0.15, 0.2) is 58.8 Å². The van der Waals surface area contributed by atoms with E-state index >= 15 is 0 Å². The molecule has 0 radical (unpaired) electrons. The maximum absolute atomic E-state index is 13.6. The van der Waals surface area contributed by atoms with Crippen LogP contribution in [0.5, 0.6) is 0 Å². The average molecular weight is 474 g/mol. The molecule has 3 rings (SSSR count). The summed E-state index contributed by atoms with van der Waals surface area (Å²) >= 11 is 0. The number of hydrogen-bond donors (Lipinski definition) is 0. The van der Waals surface area contributed by atoms with Crippen LogP contribution in [-0.4, -0.2) is 29.3 Å². The summed E-state index contributed by atoms with van der Waals surface area (Å²) in [5.74, 6) is -0.532. The highest BCUT2D eigenvalue weighted by molar-refractivity contribution is 6.18. The van der Waals surface area contributed by atoms with E-state index in [4.69, 9.17) is 0 Å². The van der Waals surface area contributed by atoms with E-state index in [9.17, 15) is 14.9 Å². The van der Waals surface area contributed by atoms with Gasteiger partial charge in [-0.05, 0) is 62.5 Å². The molecule has 2 amide bonds. The summed E-state index contributed by atoms with van der Waals surface area (Å²) in [7, 11) is 0. The number of nitrogens with zero attached hydrogens (tertiary/aromatic N) is 3. The van der Waals surface area contributed by atoms with E-state index in [1.165, 1.54) is 16.2 Å². The molecule has 0 fully saturated rings. The number of anilines is 1. The highest BCUT2D eigenvalue weighted by Crippen LogP contribution is 2.48. The van der Waals surface area contributed by atoms with Gasteiger partial charge in [0.25, 0.3) is 11.8 Å². The molecule has 1 unspecified atom stereocenters. The number of fused-ring (bicyclic) bond motifs is 1. The minimum absolute atomic E-state index is 0.0641. The van der Waals surface area contributed by atoms with Crippen LogP contribution in [0.4, 0.5) is 5.69 Å². The summed E-state index contributed by atoms with van der Waals surface area (Å²) < 4.78 is 0. The molecule has 0 saturated carbocycles. The smallest absolute Gasteiger partial charge is 0.271 e. The second-order valence-corrected chi connectivity index (χ2v) is 10.5. The van der Waals surface area contributed by atoms with Gasteiger partial charge in [0.1, 0.15) is 11.6 Å². The van der Waals surface area contributed by atoms with Crippen LogP contribution in [0, 0.1) is 17.2 Å². The number of benzene rings is 1. The van der Waals surface area contributed by atoms with E-state index in [1.807, 2.05) is 12.2 Å². The molecular formula is C30H39N3O2. The molecule has 2 aliphatic heterocycles. The van der Waals surface area contributed by atoms with Crippen molar-refractivity contribution in [2.45, 2.75) is 85.6 Å². The number of rotatable bonds is 8. The van der Waals surface area contributed by atoms with Crippen molar-refractivity contribution in [3.05, 3.63) is 64.4 Å². The van der Waals surface area contributed by atoms with Gasteiger partial charge >= 0.3 is 0 Å². The molecular weight excluding hydrogens is 434 g/mol. The van der Waals surface area contributed by atoms with Gasteiger partial charge in [-0.15, -0.1) is 0 Å². The van der Waals surface area contributed by atoms with Crippen molar-refractivity contribution >= 4 is 17.5 Å². The number of allylic oxidation sites excluding steroid dienone is 3. The standard InChI is InChI=1S/C30H39N3O2/c1-8-10-13-22(9-2)19-32-28(34)23(21(5)24(18-31)29(32)35)16-17-27-30(6,7)25-14-11-12-15-26(25)33(27)20(3)4/h11-12,14-17,20,22H,8-10,13,19H2,1-7H3/b23-16-,27-17+. The number of imide groups is 1. The zero-order valence-electron chi connectivity index (χ0n) is 22.3. The Hall–Kier alpha value is -3.13. The van der Waals surface area contributed by atoms with Crippen LogP contribution in [0.1, 0.15) is 79.7 Å². The van der Waals surface area contributed by atoms with Crippen LogP contribution in [0.2, 0.25) is 0 Å². The van der Waals surface area contributed by atoms with Gasteiger partial charge in [-0.2, -0.15) is 5.26 Å². The first kappa shape index (κ1) is 26.5. The summed E-state index contributed by atoms with van der Waals surface area (Å²) in [4.78, 5) is 30.3. The summed E-state index contributed by atoms with van der Waals surface area (Å²) in [6.07, 6.45) is 7.82. The van der Waals surface area contributed by atoms with Crippen molar-refractivity contribution in [2.75, 3.05) is 11.4 Å². The van der Waals surface area contributed by atoms with Gasteiger partial charge in [-0.3, -0.25) is 14.5 Å². The van der Waals surface area contributed by atoms with Crippen molar-refractivity contribution in [1.82, 2.24) is 4.90 Å². The lowest BCUT2D eigenvalue weighted by atomic mass is 9.83. The number of hydrogen-bond acceptors (Lipinski definition) is 4. The molecule has 0 spiro atoms. The Morgan fingerprint density at radius 2 is 1.77 bits per heavy atom. The molecule has 0 aliphatic carbocycles. The zero-order chi connectivity index (χ0) is 25.9. The molecule has 5 heteroatoms. The highest BCUT2D eigenvalue weighted by atomic mass is 16.2. The summed E-state index contributed by atoms with van der Waals surface area (Å²) in [6, 6.07) is 10.7. The molecule has 1 atom stereocenters. The Bertz CT molecular complexity index is 1130. The lowest BCUT2D eigenvalue weighted by molar-refractivity contribution is -0.141. The number of carbonyl (C=O) groups excluding carboxylic acids is 2. The maximum Gasteiger partial charge on any atom is 0.271 e. The van der Waals surface area contributed by atoms with Crippen LogP contribution in [-0.2, 0) is 15.0 Å². The first-order valence-corrected chi connectivity index (χ1v) is 12.9. The third kappa shape index (κ3) is 4.85. The van der Waals surface area contributed by atoms with Crippen molar-refractivity contribution < 1.29 is 9.59 Å². The van der Waals surface area contributed by atoms with Gasteiger partial charge in [0.2, 0.25) is 0 Å². The molecule has 1 aromatic carbocycles. The first-order chi connectivity index (χ1) is 16.6. The van der Waals surface area contributed by atoms with Crippen molar-refractivity contribution in [1.29, 1.82) is 5.26 Å². The number of para-hydroxylation sites is 1. The summed E-state index contributed by atoms with van der Waals surface area (Å²) in [5, 5.41) is 9.76. The molecule has 0 bridgehead atoms. The van der Waals surface area contributed by atoms with Crippen molar-refractivity contribution in [2.24, 2.45) is 5.92 Å². The molecule has 2 heterocycles. The normalized spacial score (nSPS) is 20.8. The van der Waals surface area contributed by atoms with Gasteiger partial charge in [0, 0.05) is 35.0 Å². The fraction of sp³-hybridized carbons (Fsp3) is 0.500. The van der Waals surface area contributed by atoms with Gasteiger partial charge in [0.15, 0.2) is 0 Å². The van der Waals surface area contributed by atoms with Gasteiger partial charge in [-0.1, -0.05) is 65.2 Å². The predicted octanol–water partition coefficient (Wildman–Crippen LogP) is 6.43. The van der Waals surface area contributed by atoms with E-state index in [0.29, 0.717) is 17.7 Å². The molecule has 35 heavy (non-hydrogen) atoms. The van der Waals surface area contributed by atoms with Crippen LogP contribution >= 0.6 is 0 Å². The lowest BCUT2D eigenvalue weighted by Crippen LogP contribution is -2.45. The third-order valence-corrected chi connectivity index (χ3v) is 7.47. The number of carbonyl (C=O) groups is 2. The monoisotopic (exact) mass is 473 g/mol. The molecule has 0 aromatic heterocycles. The maximum atomic E-state index is 13.6. The number of amides is 2. The molecule has 5 nitrogen and oxygen atoms in total. The Kier molecular flexibility index (Phi) is 8.05. The fourth-order valence-corrected chi connectivity index (χ4v) is 5.29. The van der Waals surface area contributed by atoms with Gasteiger partial charge in [-0.25, -0.2) is 0 Å². The predicted molar refractivity (Wildman–Crippen MR) is 142 cm³/mol. The Balaban J connectivity index is 2.07. The van der Waals surface area contributed by atoms with Gasteiger partial charge < -0.3 is 4.90 Å². The van der Waals surface area contributed by atoms with Crippen LogP contribution < -0.4 is 4.90 Å². The zero-order valence-corrected chi connectivity index (χ0v) is 22.3. The summed E-state index contributed by atoms with van der Waals surface area (Å²) in [6.45, 7) is 15.0. The number of nitriles is 1. The van der Waals surface area contributed by atoms with E-state index in [2.05, 4.69) is 76.8 Å². The van der Waals surface area contributed by atoms with E-state index in [-0.39, 0.29) is 28.9 Å². The quantitative estimate of drug-likeness (QED) is 0.322. The van der Waals surface area contributed by atoms with E-state index in [1.54, 1.807) is 6.92 Å². The van der Waals surface area contributed by atoms with Crippen LogP contribution in [0.3, 0.4) is 0 Å². The fourth-order valence-electron chi connectivity index (χ4n) is 5.29. The van der Waals surface area contributed by atoms with Crippen LogP contribution in [0.25, 0.3) is 0 Å². The third-order valence-electron chi connectivity index (χ3n) is 7.47. The van der Waals surface area contributed by atoms with E-state index < -0.39 is 5.91 Å². The second kappa shape index (κ2) is 10.6. The largest absolute Gasteiger partial charge is 0.341 e. The Labute approximate surface area is 210 Å². The summed E-state index contributed by atoms with van der Waals surface area (Å²) in [5.41, 5.74) is 4.23. The van der Waals surface area contributed by atoms with Crippen molar-refractivity contribution in [3.63, 3.8) is 0 Å². The minimum Gasteiger partial charge on any atom is -0.341 e.